The van der Waals surface area contributed by atoms with Crippen LogP contribution in [0.3, 0.4) is 0 Å². The summed E-state index contributed by atoms with van der Waals surface area (Å²) in [7, 11) is 0. The summed E-state index contributed by atoms with van der Waals surface area (Å²) in [6, 6.07) is 12.7. The van der Waals surface area contributed by atoms with Crippen LogP contribution in [0.2, 0.25) is 0 Å². The SMILES string of the molecule is CCOC(=O)c1cc2cc(C(=O)NCCc3ccccn3)ccc2[nH]1. The van der Waals surface area contributed by atoms with Crippen molar-refractivity contribution in [3.05, 3.63) is 65.6 Å². The van der Waals surface area contributed by atoms with Gasteiger partial charge >= 0.3 is 5.97 Å². The number of amides is 1. The first-order valence-corrected chi connectivity index (χ1v) is 8.15. The molecule has 2 N–H and O–H groups in total. The smallest absolute Gasteiger partial charge is 0.354 e. The fourth-order valence-electron chi connectivity index (χ4n) is 2.54. The number of hydrogen-bond donors (Lipinski definition) is 2. The van der Waals surface area contributed by atoms with Crippen molar-refractivity contribution in [3.63, 3.8) is 0 Å². The fourth-order valence-corrected chi connectivity index (χ4v) is 2.54. The molecule has 0 saturated carbocycles. The van der Waals surface area contributed by atoms with E-state index in [0.717, 1.165) is 16.6 Å². The van der Waals surface area contributed by atoms with Gasteiger partial charge in [0.15, 0.2) is 0 Å². The highest BCUT2D eigenvalue weighted by atomic mass is 16.5. The maximum absolute atomic E-state index is 12.3. The number of nitrogens with one attached hydrogen (secondary N) is 2. The number of nitrogens with zero attached hydrogens (tertiary/aromatic N) is 1. The van der Waals surface area contributed by atoms with Gasteiger partial charge in [-0.2, -0.15) is 0 Å². The molecule has 1 amide bonds. The Bertz CT molecular complexity index is 887. The number of ether oxygens (including phenoxy) is 1. The van der Waals surface area contributed by atoms with Gasteiger partial charge in [0.1, 0.15) is 5.69 Å². The standard InChI is InChI=1S/C19H19N3O3/c1-2-25-19(24)17-12-14-11-13(6-7-16(14)22-17)18(23)21-10-8-15-5-3-4-9-20-15/h3-7,9,11-12,22H,2,8,10H2,1H3,(H,21,23). The summed E-state index contributed by atoms with van der Waals surface area (Å²) in [4.78, 5) is 31.3. The summed E-state index contributed by atoms with van der Waals surface area (Å²) >= 11 is 0. The number of esters is 1. The van der Waals surface area contributed by atoms with Crippen LogP contribution < -0.4 is 5.32 Å². The minimum absolute atomic E-state index is 0.156. The van der Waals surface area contributed by atoms with Gasteiger partial charge in [-0.3, -0.25) is 9.78 Å². The Morgan fingerprint density at radius 3 is 2.84 bits per heavy atom. The predicted octanol–water partition coefficient (Wildman–Crippen LogP) is 2.71. The largest absolute Gasteiger partial charge is 0.461 e. The maximum atomic E-state index is 12.3. The molecular weight excluding hydrogens is 318 g/mol. The van der Waals surface area contributed by atoms with Crippen LogP contribution in [-0.2, 0) is 11.2 Å². The third-order valence-electron chi connectivity index (χ3n) is 3.77. The molecule has 2 heterocycles. The van der Waals surface area contributed by atoms with Crippen LogP contribution in [0.5, 0.6) is 0 Å². The van der Waals surface area contributed by atoms with Crippen LogP contribution in [-0.4, -0.2) is 35.0 Å². The van der Waals surface area contributed by atoms with Crippen molar-refractivity contribution in [1.29, 1.82) is 0 Å². The first kappa shape index (κ1) is 16.7. The summed E-state index contributed by atoms with van der Waals surface area (Å²) in [6.45, 7) is 2.58. The molecule has 6 heteroatoms. The second-order valence-electron chi connectivity index (χ2n) is 5.53. The van der Waals surface area contributed by atoms with Crippen LogP contribution in [0.1, 0.15) is 33.5 Å². The summed E-state index contributed by atoms with van der Waals surface area (Å²) in [6.07, 6.45) is 2.41. The topological polar surface area (TPSA) is 84.1 Å². The lowest BCUT2D eigenvalue weighted by Crippen LogP contribution is -2.25. The lowest BCUT2D eigenvalue weighted by atomic mass is 10.1. The number of hydrogen-bond acceptors (Lipinski definition) is 4. The molecule has 0 fully saturated rings. The minimum atomic E-state index is -0.403. The number of carbonyl (C=O) groups is 2. The molecule has 0 aliphatic carbocycles. The van der Waals surface area contributed by atoms with Gasteiger partial charge in [0.25, 0.3) is 5.91 Å². The average molecular weight is 337 g/mol. The van der Waals surface area contributed by atoms with E-state index in [-0.39, 0.29) is 5.91 Å². The fraction of sp³-hybridized carbons (Fsp3) is 0.211. The number of rotatable bonds is 6. The zero-order valence-corrected chi connectivity index (χ0v) is 13.9. The molecule has 3 rings (SSSR count). The third-order valence-corrected chi connectivity index (χ3v) is 3.77. The summed E-state index contributed by atoms with van der Waals surface area (Å²) in [5.74, 6) is -0.559. The van der Waals surface area contributed by atoms with Crippen LogP contribution in [0, 0.1) is 0 Å². The van der Waals surface area contributed by atoms with Gasteiger partial charge in [-0.25, -0.2) is 4.79 Å². The molecular formula is C19H19N3O3. The molecule has 0 bridgehead atoms. The number of fused-ring (bicyclic) bond motifs is 1. The number of aromatic nitrogens is 2. The number of H-pyrrole nitrogens is 1. The monoisotopic (exact) mass is 337 g/mol. The number of aromatic amines is 1. The van der Waals surface area contributed by atoms with E-state index in [4.69, 9.17) is 4.74 Å². The molecule has 0 atom stereocenters. The van der Waals surface area contributed by atoms with Crippen molar-refractivity contribution in [1.82, 2.24) is 15.3 Å². The zero-order valence-electron chi connectivity index (χ0n) is 13.9. The van der Waals surface area contributed by atoms with Crippen LogP contribution in [0.4, 0.5) is 0 Å². The Hall–Kier alpha value is -3.15. The van der Waals surface area contributed by atoms with E-state index in [9.17, 15) is 9.59 Å². The summed E-state index contributed by atoms with van der Waals surface area (Å²) < 4.78 is 4.97. The maximum Gasteiger partial charge on any atom is 0.354 e. The third kappa shape index (κ3) is 4.03. The lowest BCUT2D eigenvalue weighted by molar-refractivity contribution is 0.0520. The quantitative estimate of drug-likeness (QED) is 0.677. The molecule has 25 heavy (non-hydrogen) atoms. The van der Waals surface area contributed by atoms with Crippen molar-refractivity contribution in [2.75, 3.05) is 13.2 Å². The molecule has 128 valence electrons. The van der Waals surface area contributed by atoms with Crippen LogP contribution in [0.25, 0.3) is 10.9 Å². The Morgan fingerprint density at radius 2 is 2.08 bits per heavy atom. The van der Waals surface area contributed by atoms with Crippen LogP contribution in [0.15, 0.2) is 48.7 Å². The Labute approximate surface area is 145 Å². The van der Waals surface area contributed by atoms with Gasteiger partial charge in [-0.15, -0.1) is 0 Å². The number of benzene rings is 1. The van der Waals surface area contributed by atoms with E-state index >= 15 is 0 Å². The molecule has 2 aromatic heterocycles. The molecule has 0 spiro atoms. The highest BCUT2D eigenvalue weighted by molar-refractivity contribution is 6.00. The van der Waals surface area contributed by atoms with Crippen LogP contribution >= 0.6 is 0 Å². The van der Waals surface area contributed by atoms with E-state index < -0.39 is 5.97 Å². The molecule has 0 unspecified atom stereocenters. The number of carbonyl (C=O) groups excluding carboxylic acids is 2. The Balaban J connectivity index is 1.66. The van der Waals surface area contributed by atoms with E-state index in [2.05, 4.69) is 15.3 Å². The first-order valence-electron chi connectivity index (χ1n) is 8.15. The molecule has 0 saturated heterocycles. The van der Waals surface area contributed by atoms with Gasteiger partial charge in [0.2, 0.25) is 0 Å². The number of pyridine rings is 1. The minimum Gasteiger partial charge on any atom is -0.461 e. The normalized spacial score (nSPS) is 10.6. The molecule has 0 aliphatic heterocycles. The van der Waals surface area contributed by atoms with E-state index in [1.165, 1.54) is 0 Å². The molecule has 1 aromatic carbocycles. The summed E-state index contributed by atoms with van der Waals surface area (Å²) in [5, 5.41) is 3.67. The summed E-state index contributed by atoms with van der Waals surface area (Å²) in [5.41, 5.74) is 2.64. The van der Waals surface area contributed by atoms with Crippen molar-refractivity contribution < 1.29 is 14.3 Å². The van der Waals surface area contributed by atoms with E-state index in [0.29, 0.717) is 30.8 Å². The van der Waals surface area contributed by atoms with Gasteiger partial charge in [0, 0.05) is 41.3 Å². The van der Waals surface area contributed by atoms with Crippen molar-refractivity contribution in [3.8, 4) is 0 Å². The highest BCUT2D eigenvalue weighted by Gasteiger charge is 2.12. The average Bonchev–Trinajstić information content (AvgIpc) is 3.06. The lowest BCUT2D eigenvalue weighted by Gasteiger charge is -2.05. The Morgan fingerprint density at radius 1 is 1.20 bits per heavy atom. The predicted molar refractivity (Wildman–Crippen MR) is 94.5 cm³/mol. The van der Waals surface area contributed by atoms with Gasteiger partial charge in [0.05, 0.1) is 6.61 Å². The second-order valence-corrected chi connectivity index (χ2v) is 5.53. The van der Waals surface area contributed by atoms with E-state index in [1.807, 2.05) is 18.2 Å². The molecule has 3 aromatic rings. The Kier molecular flexibility index (Phi) is 5.09. The van der Waals surface area contributed by atoms with Crippen molar-refractivity contribution in [2.45, 2.75) is 13.3 Å². The van der Waals surface area contributed by atoms with Gasteiger partial charge in [-0.1, -0.05) is 6.07 Å². The molecule has 0 aliphatic rings. The van der Waals surface area contributed by atoms with Crippen molar-refractivity contribution in [2.24, 2.45) is 0 Å². The zero-order chi connectivity index (χ0) is 17.6. The van der Waals surface area contributed by atoms with E-state index in [1.54, 1.807) is 37.4 Å². The van der Waals surface area contributed by atoms with Gasteiger partial charge < -0.3 is 15.0 Å². The van der Waals surface area contributed by atoms with Gasteiger partial charge in [-0.05, 0) is 43.3 Å². The first-order chi connectivity index (χ1) is 12.2. The molecule has 0 radical (unpaired) electrons. The highest BCUT2D eigenvalue weighted by Crippen LogP contribution is 2.18. The van der Waals surface area contributed by atoms with Crippen molar-refractivity contribution >= 4 is 22.8 Å². The second kappa shape index (κ2) is 7.61. The molecule has 6 nitrogen and oxygen atoms in total.